The van der Waals surface area contributed by atoms with Crippen molar-refractivity contribution in [2.75, 3.05) is 11.9 Å². The highest BCUT2D eigenvalue weighted by molar-refractivity contribution is 7.80. The van der Waals surface area contributed by atoms with Crippen molar-refractivity contribution >= 4 is 23.1 Å². The number of nitrogens with one attached hydrogen (secondary N) is 2. The summed E-state index contributed by atoms with van der Waals surface area (Å²) in [5.41, 5.74) is -0.965. The van der Waals surface area contributed by atoms with E-state index in [1.165, 1.54) is 12.3 Å². The lowest BCUT2D eigenvalue weighted by molar-refractivity contribution is 0.367. The van der Waals surface area contributed by atoms with Gasteiger partial charge in [0, 0.05) is 18.8 Å². The Morgan fingerprint density at radius 3 is 2.25 bits per heavy atom. The van der Waals surface area contributed by atoms with Gasteiger partial charge < -0.3 is 10.6 Å². The number of halogens is 5. The zero-order valence-electron chi connectivity index (χ0n) is 12.5. The number of anilines is 1. The number of rotatable bonds is 5. The van der Waals surface area contributed by atoms with Gasteiger partial charge in [-0.15, -0.1) is 0 Å². The molecule has 0 aliphatic carbocycles. The van der Waals surface area contributed by atoms with E-state index in [2.05, 4.69) is 15.7 Å². The molecule has 0 atom stereocenters. The molecule has 1 heterocycles. The van der Waals surface area contributed by atoms with E-state index in [-0.39, 0.29) is 5.82 Å². The van der Waals surface area contributed by atoms with Crippen molar-refractivity contribution in [1.29, 1.82) is 0 Å². The lowest BCUT2D eigenvalue weighted by Gasteiger charge is -2.09. The van der Waals surface area contributed by atoms with Gasteiger partial charge in [0.1, 0.15) is 0 Å². The molecule has 2 N–H and O–H groups in total. The summed E-state index contributed by atoms with van der Waals surface area (Å²) in [4.78, 5) is 0. The van der Waals surface area contributed by atoms with Crippen molar-refractivity contribution in [1.82, 2.24) is 15.1 Å². The van der Waals surface area contributed by atoms with E-state index < -0.39 is 41.2 Å². The highest BCUT2D eigenvalue weighted by atomic mass is 32.1. The van der Waals surface area contributed by atoms with E-state index in [9.17, 15) is 22.0 Å². The molecule has 4 nitrogen and oxygen atoms in total. The zero-order chi connectivity index (χ0) is 17.9. The van der Waals surface area contributed by atoms with Crippen LogP contribution in [0.1, 0.15) is 18.9 Å². The van der Waals surface area contributed by atoms with E-state index in [0.29, 0.717) is 11.7 Å². The topological polar surface area (TPSA) is 41.9 Å². The summed E-state index contributed by atoms with van der Waals surface area (Å²) in [5, 5.41) is 9.85. The number of thiocarbonyl (C=S) groups is 1. The predicted octanol–water partition coefficient (Wildman–Crippen LogP) is 3.32. The molecule has 1 aromatic carbocycles. The molecule has 0 amide bonds. The second kappa shape index (κ2) is 7.56. The second-order valence-corrected chi connectivity index (χ2v) is 5.24. The van der Waals surface area contributed by atoms with Crippen molar-refractivity contribution in [2.45, 2.75) is 19.9 Å². The van der Waals surface area contributed by atoms with Gasteiger partial charge in [-0.25, -0.2) is 22.0 Å². The largest absolute Gasteiger partial charge is 0.362 e. The van der Waals surface area contributed by atoms with E-state index >= 15 is 0 Å². The maximum absolute atomic E-state index is 13.6. The van der Waals surface area contributed by atoms with E-state index in [4.69, 9.17) is 12.2 Å². The monoisotopic (exact) mass is 364 g/mol. The van der Waals surface area contributed by atoms with Gasteiger partial charge >= 0.3 is 0 Å². The van der Waals surface area contributed by atoms with Crippen LogP contribution in [0.25, 0.3) is 0 Å². The first-order valence-electron chi connectivity index (χ1n) is 6.93. The maximum atomic E-state index is 13.6. The second-order valence-electron chi connectivity index (χ2n) is 4.83. The Balaban J connectivity index is 2.17. The van der Waals surface area contributed by atoms with Gasteiger partial charge in [-0.1, -0.05) is 6.92 Å². The van der Waals surface area contributed by atoms with Crippen LogP contribution in [-0.4, -0.2) is 21.4 Å². The van der Waals surface area contributed by atoms with E-state index in [1.54, 1.807) is 0 Å². The van der Waals surface area contributed by atoms with Crippen LogP contribution in [-0.2, 0) is 6.54 Å². The minimum Gasteiger partial charge on any atom is -0.362 e. The normalized spacial score (nSPS) is 10.8. The fourth-order valence-electron chi connectivity index (χ4n) is 1.87. The van der Waals surface area contributed by atoms with Gasteiger partial charge in [0.2, 0.25) is 5.82 Å². The van der Waals surface area contributed by atoms with Gasteiger partial charge in [0.15, 0.2) is 34.2 Å². The van der Waals surface area contributed by atoms with Crippen LogP contribution in [0.2, 0.25) is 0 Å². The van der Waals surface area contributed by atoms with Crippen LogP contribution in [0.5, 0.6) is 0 Å². The van der Waals surface area contributed by atoms with Gasteiger partial charge in [-0.3, -0.25) is 4.68 Å². The molecule has 0 spiro atoms. The van der Waals surface area contributed by atoms with Gasteiger partial charge in [0.05, 0.1) is 12.1 Å². The number of nitrogens with zero attached hydrogens (tertiary/aromatic N) is 2. The van der Waals surface area contributed by atoms with Gasteiger partial charge in [0.25, 0.3) is 0 Å². The van der Waals surface area contributed by atoms with Crippen LogP contribution < -0.4 is 10.6 Å². The molecule has 0 aliphatic heterocycles. The number of benzene rings is 1. The van der Waals surface area contributed by atoms with Crippen molar-refractivity contribution in [3.8, 4) is 0 Å². The quantitative estimate of drug-likeness (QED) is 0.370. The summed E-state index contributed by atoms with van der Waals surface area (Å²) in [6, 6.07) is 1.45. The summed E-state index contributed by atoms with van der Waals surface area (Å²) in [6.07, 6.45) is 2.18. The molecule has 0 fully saturated rings. The minimum absolute atomic E-state index is 0.271. The summed E-state index contributed by atoms with van der Waals surface area (Å²) < 4.78 is 67.7. The Morgan fingerprint density at radius 1 is 1.08 bits per heavy atom. The third-order valence-electron chi connectivity index (χ3n) is 3.04. The standard InChI is InChI=1S/C14H13F5N4S/c1-2-4-20-14(24)21-8-3-5-23(22-8)6-7-9(15)11(17)13(19)12(18)10(7)16/h3,5H,2,4,6H2,1H3,(H2,20,21,22,24). The fourth-order valence-corrected chi connectivity index (χ4v) is 2.07. The van der Waals surface area contributed by atoms with Crippen LogP contribution in [0.4, 0.5) is 27.8 Å². The van der Waals surface area contributed by atoms with E-state index in [0.717, 1.165) is 11.1 Å². The first-order chi connectivity index (χ1) is 11.3. The summed E-state index contributed by atoms with van der Waals surface area (Å²) in [6.45, 7) is 1.98. The molecule has 0 radical (unpaired) electrons. The van der Waals surface area contributed by atoms with Gasteiger partial charge in [-0.2, -0.15) is 5.10 Å². The molecule has 0 saturated heterocycles. The van der Waals surface area contributed by atoms with Crippen molar-refractivity contribution in [2.24, 2.45) is 0 Å². The predicted molar refractivity (Wildman–Crippen MR) is 82.1 cm³/mol. The highest BCUT2D eigenvalue weighted by Crippen LogP contribution is 2.23. The number of aromatic nitrogens is 2. The summed E-state index contributed by atoms with van der Waals surface area (Å²) in [5.74, 6) is -9.65. The Morgan fingerprint density at radius 2 is 1.67 bits per heavy atom. The van der Waals surface area contributed by atoms with E-state index in [1.807, 2.05) is 6.92 Å². The Labute approximate surface area is 139 Å². The summed E-state index contributed by atoms with van der Waals surface area (Å²) >= 11 is 5.00. The molecule has 0 unspecified atom stereocenters. The first kappa shape index (κ1) is 18.1. The smallest absolute Gasteiger partial charge is 0.200 e. The lowest BCUT2D eigenvalue weighted by atomic mass is 10.1. The highest BCUT2D eigenvalue weighted by Gasteiger charge is 2.25. The number of hydrogen-bond donors (Lipinski definition) is 2. The molecule has 0 saturated carbocycles. The van der Waals surface area contributed by atoms with Crippen molar-refractivity contribution < 1.29 is 22.0 Å². The number of hydrogen-bond acceptors (Lipinski definition) is 2. The molecule has 24 heavy (non-hydrogen) atoms. The third kappa shape index (κ3) is 3.81. The Kier molecular flexibility index (Phi) is 5.71. The lowest BCUT2D eigenvalue weighted by Crippen LogP contribution is -2.29. The van der Waals surface area contributed by atoms with Crippen molar-refractivity contribution in [3.05, 3.63) is 46.9 Å². The third-order valence-corrected chi connectivity index (χ3v) is 3.29. The molecule has 2 aromatic rings. The van der Waals surface area contributed by atoms with Gasteiger partial charge in [-0.05, 0) is 18.6 Å². The maximum Gasteiger partial charge on any atom is 0.200 e. The van der Waals surface area contributed by atoms with Crippen LogP contribution in [0.3, 0.4) is 0 Å². The molecular formula is C14H13F5N4S. The fraction of sp³-hybridized carbons (Fsp3) is 0.286. The first-order valence-corrected chi connectivity index (χ1v) is 7.34. The summed E-state index contributed by atoms with van der Waals surface area (Å²) in [7, 11) is 0. The average molecular weight is 364 g/mol. The molecule has 2 rings (SSSR count). The Bertz CT molecular complexity index is 733. The van der Waals surface area contributed by atoms with Crippen molar-refractivity contribution in [3.63, 3.8) is 0 Å². The molecule has 130 valence electrons. The minimum atomic E-state index is -2.19. The SMILES string of the molecule is CCCNC(=S)Nc1ccn(Cc2c(F)c(F)c(F)c(F)c2F)n1. The average Bonchev–Trinajstić information content (AvgIpc) is 3.00. The molecule has 0 bridgehead atoms. The molecule has 10 heteroatoms. The molecule has 1 aromatic heterocycles. The van der Waals surface area contributed by atoms with Crippen LogP contribution >= 0.6 is 12.2 Å². The Hall–Kier alpha value is -2.23. The van der Waals surface area contributed by atoms with Crippen LogP contribution in [0, 0.1) is 29.1 Å². The molecule has 0 aliphatic rings. The molecular weight excluding hydrogens is 351 g/mol. The zero-order valence-corrected chi connectivity index (χ0v) is 13.3. The van der Waals surface area contributed by atoms with Crippen LogP contribution in [0.15, 0.2) is 12.3 Å².